The highest BCUT2D eigenvalue weighted by Gasteiger charge is 2.12. The first-order chi connectivity index (χ1) is 13.8. The zero-order chi connectivity index (χ0) is 19.6. The van der Waals surface area contributed by atoms with E-state index in [2.05, 4.69) is 32.7 Å². The molecule has 0 radical (unpaired) electrons. The van der Waals surface area contributed by atoms with Gasteiger partial charge in [-0.05, 0) is 47.2 Å². The van der Waals surface area contributed by atoms with Crippen LogP contribution in [0.15, 0.2) is 49.1 Å². The molecule has 0 fully saturated rings. The van der Waals surface area contributed by atoms with Gasteiger partial charge in [0.1, 0.15) is 17.8 Å². The molecule has 0 unspecified atom stereocenters. The number of pyridine rings is 1. The third kappa shape index (κ3) is 5.35. The first-order valence-corrected chi connectivity index (χ1v) is 9.49. The first-order valence-electron chi connectivity index (χ1n) is 9.49. The molecule has 3 rings (SSSR count). The van der Waals surface area contributed by atoms with Crippen LogP contribution in [0, 0.1) is 0 Å². The quantitative estimate of drug-likeness (QED) is 0.539. The van der Waals surface area contributed by atoms with Gasteiger partial charge in [0.15, 0.2) is 0 Å². The molecule has 1 amide bonds. The van der Waals surface area contributed by atoms with Gasteiger partial charge in [0, 0.05) is 23.6 Å². The molecular formula is C20H24N6O2. The summed E-state index contributed by atoms with van der Waals surface area (Å²) >= 11 is 0. The Balaban J connectivity index is 1.70. The Morgan fingerprint density at radius 3 is 2.68 bits per heavy atom. The summed E-state index contributed by atoms with van der Waals surface area (Å²) in [6.07, 6.45) is 10.5. The summed E-state index contributed by atoms with van der Waals surface area (Å²) in [5.41, 5.74) is 1.83. The molecule has 8 heteroatoms. The highest BCUT2D eigenvalue weighted by molar-refractivity contribution is 6.04. The summed E-state index contributed by atoms with van der Waals surface area (Å²) in [7, 11) is 0. The molecule has 146 valence electrons. The molecule has 0 aliphatic heterocycles. The zero-order valence-electron chi connectivity index (χ0n) is 15.9. The van der Waals surface area contributed by atoms with E-state index in [1.807, 2.05) is 6.07 Å². The van der Waals surface area contributed by atoms with E-state index in [-0.39, 0.29) is 5.91 Å². The second-order valence-electron chi connectivity index (χ2n) is 6.39. The number of unbranched alkanes of at least 4 members (excludes halogenated alkanes) is 4. The summed E-state index contributed by atoms with van der Waals surface area (Å²) < 4.78 is 7.47. The molecule has 0 aliphatic rings. The van der Waals surface area contributed by atoms with Crippen LogP contribution in [0.1, 0.15) is 49.4 Å². The highest BCUT2D eigenvalue weighted by atomic mass is 16.5. The van der Waals surface area contributed by atoms with E-state index in [1.54, 1.807) is 36.7 Å². The molecule has 2 aromatic heterocycles. The van der Waals surface area contributed by atoms with Crippen LogP contribution in [0.4, 0.5) is 5.69 Å². The minimum absolute atomic E-state index is 0.213. The molecule has 0 saturated heterocycles. The number of carbonyl (C=O) groups excluding carboxylic acids is 1. The predicted molar refractivity (Wildman–Crippen MR) is 106 cm³/mol. The van der Waals surface area contributed by atoms with Crippen LogP contribution in [-0.4, -0.2) is 37.7 Å². The van der Waals surface area contributed by atoms with Crippen LogP contribution in [0.2, 0.25) is 0 Å². The number of carbonyl (C=O) groups is 1. The third-order valence-electron chi connectivity index (χ3n) is 4.26. The Kier molecular flexibility index (Phi) is 7.06. The van der Waals surface area contributed by atoms with Crippen LogP contribution in [0.25, 0.3) is 5.69 Å². The van der Waals surface area contributed by atoms with E-state index < -0.39 is 0 Å². The maximum absolute atomic E-state index is 12.4. The Labute approximate surface area is 163 Å². The van der Waals surface area contributed by atoms with Crippen molar-refractivity contribution >= 4 is 11.6 Å². The Bertz CT molecular complexity index is 868. The van der Waals surface area contributed by atoms with Gasteiger partial charge in [0.05, 0.1) is 6.61 Å². The summed E-state index contributed by atoms with van der Waals surface area (Å²) in [5, 5.41) is 14.2. The molecule has 1 aromatic carbocycles. The maximum Gasteiger partial charge on any atom is 0.255 e. The van der Waals surface area contributed by atoms with E-state index >= 15 is 0 Å². The minimum atomic E-state index is -0.213. The summed E-state index contributed by atoms with van der Waals surface area (Å²) in [6, 6.07) is 8.74. The van der Waals surface area contributed by atoms with Gasteiger partial charge in [-0.15, -0.1) is 5.10 Å². The van der Waals surface area contributed by atoms with Crippen LogP contribution >= 0.6 is 0 Å². The van der Waals surface area contributed by atoms with Crippen molar-refractivity contribution in [3.05, 3.63) is 54.6 Å². The average molecular weight is 380 g/mol. The smallest absolute Gasteiger partial charge is 0.255 e. The molecule has 3 aromatic rings. The fourth-order valence-electron chi connectivity index (χ4n) is 2.76. The lowest BCUT2D eigenvalue weighted by molar-refractivity contribution is 0.102. The highest BCUT2D eigenvalue weighted by Crippen LogP contribution is 2.26. The van der Waals surface area contributed by atoms with Crippen molar-refractivity contribution < 1.29 is 9.53 Å². The number of benzene rings is 1. The number of amides is 1. The van der Waals surface area contributed by atoms with Gasteiger partial charge >= 0.3 is 0 Å². The number of nitrogens with one attached hydrogen (secondary N) is 1. The molecular weight excluding hydrogens is 356 g/mol. The van der Waals surface area contributed by atoms with Crippen LogP contribution < -0.4 is 10.1 Å². The lowest BCUT2D eigenvalue weighted by Gasteiger charge is -2.13. The molecule has 28 heavy (non-hydrogen) atoms. The van der Waals surface area contributed by atoms with Gasteiger partial charge in [0.2, 0.25) is 0 Å². The minimum Gasteiger partial charge on any atom is -0.491 e. The Morgan fingerprint density at radius 1 is 1.11 bits per heavy atom. The van der Waals surface area contributed by atoms with Crippen molar-refractivity contribution in [2.75, 3.05) is 11.9 Å². The number of nitrogens with zero attached hydrogens (tertiary/aromatic N) is 5. The van der Waals surface area contributed by atoms with E-state index in [0.717, 1.165) is 12.8 Å². The number of anilines is 1. The SMILES string of the molecule is CCCCCCCOc1ccc(NC(=O)c2ccncc2)cc1-n1cnnn1. The second-order valence-corrected chi connectivity index (χ2v) is 6.39. The molecule has 8 nitrogen and oxygen atoms in total. The Morgan fingerprint density at radius 2 is 1.93 bits per heavy atom. The first kappa shape index (κ1) is 19.5. The standard InChI is InChI=1S/C20H24N6O2/c1-2-3-4-5-6-13-28-19-8-7-17(14-18(19)26-15-22-24-25-26)23-20(27)16-9-11-21-12-10-16/h7-12,14-15H,2-6,13H2,1H3,(H,23,27). The van der Waals surface area contributed by atoms with Crippen molar-refractivity contribution in [1.29, 1.82) is 0 Å². The molecule has 0 bridgehead atoms. The van der Waals surface area contributed by atoms with E-state index in [0.29, 0.717) is 29.3 Å². The number of hydrogen-bond donors (Lipinski definition) is 1. The summed E-state index contributed by atoms with van der Waals surface area (Å²) in [4.78, 5) is 16.3. The average Bonchev–Trinajstić information content (AvgIpc) is 3.26. The predicted octanol–water partition coefficient (Wildman–Crippen LogP) is 3.66. The van der Waals surface area contributed by atoms with E-state index in [4.69, 9.17) is 4.74 Å². The topological polar surface area (TPSA) is 94.8 Å². The van der Waals surface area contributed by atoms with Crippen molar-refractivity contribution in [3.8, 4) is 11.4 Å². The van der Waals surface area contributed by atoms with Crippen molar-refractivity contribution in [2.24, 2.45) is 0 Å². The molecule has 0 aliphatic carbocycles. The van der Waals surface area contributed by atoms with Gasteiger partial charge in [0.25, 0.3) is 5.91 Å². The molecule has 2 heterocycles. The fraction of sp³-hybridized carbons (Fsp3) is 0.350. The van der Waals surface area contributed by atoms with Crippen LogP contribution in [0.5, 0.6) is 5.75 Å². The number of ether oxygens (including phenoxy) is 1. The number of rotatable bonds is 10. The fourth-order valence-corrected chi connectivity index (χ4v) is 2.76. The van der Waals surface area contributed by atoms with Gasteiger partial charge in [-0.1, -0.05) is 32.6 Å². The summed E-state index contributed by atoms with van der Waals surface area (Å²) in [6.45, 7) is 2.82. The molecule has 0 spiro atoms. The lowest BCUT2D eigenvalue weighted by atomic mass is 10.2. The molecule has 0 saturated carbocycles. The van der Waals surface area contributed by atoms with Gasteiger partial charge < -0.3 is 10.1 Å². The van der Waals surface area contributed by atoms with Crippen LogP contribution in [-0.2, 0) is 0 Å². The van der Waals surface area contributed by atoms with Gasteiger partial charge in [-0.2, -0.15) is 4.68 Å². The zero-order valence-corrected chi connectivity index (χ0v) is 15.9. The molecule has 0 atom stereocenters. The van der Waals surface area contributed by atoms with E-state index in [9.17, 15) is 4.79 Å². The number of aromatic nitrogens is 5. The maximum atomic E-state index is 12.4. The lowest BCUT2D eigenvalue weighted by Crippen LogP contribution is -2.12. The largest absolute Gasteiger partial charge is 0.491 e. The third-order valence-corrected chi connectivity index (χ3v) is 4.26. The number of tetrazole rings is 1. The van der Waals surface area contributed by atoms with Crippen molar-refractivity contribution in [3.63, 3.8) is 0 Å². The van der Waals surface area contributed by atoms with Crippen molar-refractivity contribution in [1.82, 2.24) is 25.2 Å². The molecule has 1 N–H and O–H groups in total. The number of hydrogen-bond acceptors (Lipinski definition) is 6. The second kappa shape index (κ2) is 10.1. The van der Waals surface area contributed by atoms with Crippen LogP contribution in [0.3, 0.4) is 0 Å². The normalized spacial score (nSPS) is 10.6. The summed E-state index contributed by atoms with van der Waals surface area (Å²) in [5.74, 6) is 0.458. The monoisotopic (exact) mass is 380 g/mol. The Hall–Kier alpha value is -3.29. The van der Waals surface area contributed by atoms with Gasteiger partial charge in [-0.3, -0.25) is 9.78 Å². The van der Waals surface area contributed by atoms with Gasteiger partial charge in [-0.25, -0.2) is 0 Å². The van der Waals surface area contributed by atoms with E-state index in [1.165, 1.54) is 30.3 Å². The van der Waals surface area contributed by atoms with Crippen molar-refractivity contribution in [2.45, 2.75) is 39.0 Å².